The third-order valence-electron chi connectivity index (χ3n) is 4.92. The number of hydrogen-bond acceptors (Lipinski definition) is 6. The number of nitrogens with one attached hydrogen (secondary N) is 2. The van der Waals surface area contributed by atoms with Crippen LogP contribution < -0.4 is 10.6 Å². The highest BCUT2D eigenvalue weighted by atomic mass is 32.2. The number of carbonyl (C=O) groups is 1. The predicted octanol–water partition coefficient (Wildman–Crippen LogP) is 3.45. The number of thioether (sulfide) groups is 1. The largest absolute Gasteiger partial charge is 0.328 e. The van der Waals surface area contributed by atoms with Crippen molar-refractivity contribution in [2.24, 2.45) is 0 Å². The molecule has 3 heterocycles. The lowest BCUT2D eigenvalue weighted by molar-refractivity contribution is -0.113. The Kier molecular flexibility index (Phi) is 5.14. The molecule has 0 saturated carbocycles. The number of anilines is 2. The van der Waals surface area contributed by atoms with Gasteiger partial charge in [-0.05, 0) is 44.7 Å². The van der Waals surface area contributed by atoms with E-state index in [1.54, 1.807) is 4.68 Å². The molecule has 0 aliphatic carbocycles. The van der Waals surface area contributed by atoms with Crippen LogP contribution >= 0.6 is 11.8 Å². The van der Waals surface area contributed by atoms with Crippen molar-refractivity contribution in [3.8, 4) is 0 Å². The molecule has 0 spiro atoms. The van der Waals surface area contributed by atoms with E-state index in [0.29, 0.717) is 16.7 Å². The number of para-hydroxylation sites is 1. The summed E-state index contributed by atoms with van der Waals surface area (Å²) in [4.78, 5) is 17.9. The standard InChI is InChI=1S/C20H23N7OS/c1-5-26-11-10-15(24-26)17-16(18(28)22-14-9-7-6-8-12(14)2)13(3)21-19-23-20(29-4)25-27(17)19/h6-11,17H,5H2,1-4H3,(H,22,28)(H,21,23,25)/t17-/m1/s1. The number of nitrogens with zero attached hydrogens (tertiary/aromatic N) is 5. The third kappa shape index (κ3) is 3.53. The van der Waals surface area contributed by atoms with Crippen LogP contribution in [-0.2, 0) is 11.3 Å². The van der Waals surface area contributed by atoms with E-state index in [9.17, 15) is 4.79 Å². The molecule has 4 rings (SSSR count). The summed E-state index contributed by atoms with van der Waals surface area (Å²) in [6.45, 7) is 6.63. The molecule has 0 radical (unpaired) electrons. The number of fused-ring (bicyclic) bond motifs is 1. The minimum atomic E-state index is -0.462. The molecule has 1 aromatic carbocycles. The predicted molar refractivity (Wildman–Crippen MR) is 114 cm³/mol. The fourth-order valence-corrected chi connectivity index (χ4v) is 3.73. The van der Waals surface area contributed by atoms with Gasteiger partial charge in [0, 0.05) is 24.1 Å². The molecule has 0 unspecified atom stereocenters. The second-order valence-electron chi connectivity index (χ2n) is 6.80. The van der Waals surface area contributed by atoms with E-state index in [1.165, 1.54) is 11.8 Å². The van der Waals surface area contributed by atoms with Crippen LogP contribution in [0.2, 0.25) is 0 Å². The summed E-state index contributed by atoms with van der Waals surface area (Å²) in [5, 5.41) is 16.2. The van der Waals surface area contributed by atoms with Gasteiger partial charge in [-0.3, -0.25) is 9.48 Å². The van der Waals surface area contributed by atoms with Gasteiger partial charge in [0.1, 0.15) is 6.04 Å². The molecule has 1 atom stereocenters. The molecule has 3 aromatic rings. The fourth-order valence-electron chi connectivity index (χ4n) is 3.39. The zero-order valence-electron chi connectivity index (χ0n) is 16.8. The van der Waals surface area contributed by atoms with Gasteiger partial charge in [0.25, 0.3) is 5.91 Å². The highest BCUT2D eigenvalue weighted by molar-refractivity contribution is 7.98. The van der Waals surface area contributed by atoms with Gasteiger partial charge in [0.2, 0.25) is 11.1 Å². The number of allylic oxidation sites excluding steroid dienone is 1. The summed E-state index contributed by atoms with van der Waals surface area (Å²) in [5.74, 6) is 0.419. The van der Waals surface area contributed by atoms with Crippen LogP contribution in [0.15, 0.2) is 53.0 Å². The van der Waals surface area contributed by atoms with E-state index in [1.807, 2.05) is 68.2 Å². The molecule has 1 aliphatic rings. The normalized spacial score (nSPS) is 15.8. The Balaban J connectivity index is 1.78. The summed E-state index contributed by atoms with van der Waals surface area (Å²) in [6, 6.07) is 9.19. The van der Waals surface area contributed by atoms with Gasteiger partial charge in [-0.15, -0.1) is 5.10 Å². The summed E-state index contributed by atoms with van der Waals surface area (Å²) < 4.78 is 3.59. The van der Waals surface area contributed by atoms with Crippen molar-refractivity contribution >= 4 is 29.3 Å². The Morgan fingerprint density at radius 3 is 2.72 bits per heavy atom. The fraction of sp³-hybridized carbons (Fsp3) is 0.300. The van der Waals surface area contributed by atoms with Crippen LogP contribution in [-0.4, -0.2) is 36.7 Å². The molecule has 150 valence electrons. The number of carbonyl (C=O) groups excluding carboxylic acids is 1. The van der Waals surface area contributed by atoms with Crippen molar-refractivity contribution in [3.05, 3.63) is 59.1 Å². The maximum atomic E-state index is 13.4. The number of aryl methyl sites for hydroxylation is 2. The number of aromatic nitrogens is 5. The molecule has 0 fully saturated rings. The summed E-state index contributed by atoms with van der Waals surface area (Å²) >= 11 is 1.46. The zero-order valence-corrected chi connectivity index (χ0v) is 17.6. The Bertz CT molecular complexity index is 1100. The van der Waals surface area contributed by atoms with Crippen LogP contribution in [0.5, 0.6) is 0 Å². The lowest BCUT2D eigenvalue weighted by Crippen LogP contribution is -2.32. The average molecular weight is 410 g/mol. The first kappa shape index (κ1) is 19.3. The number of amides is 1. The Morgan fingerprint density at radius 1 is 1.24 bits per heavy atom. The zero-order chi connectivity index (χ0) is 20.5. The SMILES string of the molecule is CCn1ccc([C@@H]2C(C(=O)Nc3ccccc3C)=C(C)Nc3nc(SC)nn32)n1. The minimum Gasteiger partial charge on any atom is -0.328 e. The van der Waals surface area contributed by atoms with Gasteiger partial charge < -0.3 is 10.6 Å². The highest BCUT2D eigenvalue weighted by Gasteiger charge is 2.35. The van der Waals surface area contributed by atoms with Crippen LogP contribution in [0, 0.1) is 6.92 Å². The van der Waals surface area contributed by atoms with Crippen molar-refractivity contribution in [2.75, 3.05) is 16.9 Å². The maximum absolute atomic E-state index is 13.4. The Hall–Kier alpha value is -3.07. The average Bonchev–Trinajstić information content (AvgIpc) is 3.35. The van der Waals surface area contributed by atoms with Crippen molar-refractivity contribution in [1.29, 1.82) is 0 Å². The van der Waals surface area contributed by atoms with E-state index in [-0.39, 0.29) is 5.91 Å². The molecule has 2 N–H and O–H groups in total. The quantitative estimate of drug-likeness (QED) is 0.628. The number of rotatable bonds is 5. The van der Waals surface area contributed by atoms with E-state index in [4.69, 9.17) is 0 Å². The first-order chi connectivity index (χ1) is 14.0. The monoisotopic (exact) mass is 409 g/mol. The summed E-state index contributed by atoms with van der Waals surface area (Å²) in [5.41, 5.74) is 3.84. The molecule has 1 amide bonds. The number of benzene rings is 1. The second-order valence-corrected chi connectivity index (χ2v) is 7.57. The lowest BCUT2D eigenvalue weighted by atomic mass is 9.99. The van der Waals surface area contributed by atoms with Gasteiger partial charge in [-0.2, -0.15) is 10.1 Å². The van der Waals surface area contributed by atoms with E-state index in [2.05, 4.69) is 25.8 Å². The van der Waals surface area contributed by atoms with Crippen LogP contribution in [0.1, 0.15) is 31.1 Å². The Morgan fingerprint density at radius 2 is 2.03 bits per heavy atom. The van der Waals surface area contributed by atoms with Crippen molar-refractivity contribution in [2.45, 2.75) is 38.5 Å². The van der Waals surface area contributed by atoms with Gasteiger partial charge in [-0.1, -0.05) is 30.0 Å². The van der Waals surface area contributed by atoms with E-state index >= 15 is 0 Å². The third-order valence-corrected chi connectivity index (χ3v) is 5.46. The van der Waals surface area contributed by atoms with E-state index < -0.39 is 6.04 Å². The van der Waals surface area contributed by atoms with Crippen LogP contribution in [0.25, 0.3) is 0 Å². The molecule has 1 aliphatic heterocycles. The van der Waals surface area contributed by atoms with Crippen molar-refractivity contribution < 1.29 is 4.79 Å². The minimum absolute atomic E-state index is 0.188. The lowest BCUT2D eigenvalue weighted by Gasteiger charge is -2.27. The van der Waals surface area contributed by atoms with E-state index in [0.717, 1.165) is 29.2 Å². The van der Waals surface area contributed by atoms with Crippen molar-refractivity contribution in [1.82, 2.24) is 24.5 Å². The molecule has 29 heavy (non-hydrogen) atoms. The summed E-state index contributed by atoms with van der Waals surface area (Å²) in [7, 11) is 0. The molecular formula is C20H23N7OS. The van der Waals surface area contributed by atoms with Gasteiger partial charge >= 0.3 is 0 Å². The first-order valence-electron chi connectivity index (χ1n) is 9.40. The maximum Gasteiger partial charge on any atom is 0.255 e. The second kappa shape index (κ2) is 7.75. The highest BCUT2D eigenvalue weighted by Crippen LogP contribution is 2.35. The molecular weight excluding hydrogens is 386 g/mol. The first-order valence-corrected chi connectivity index (χ1v) is 10.6. The molecule has 9 heteroatoms. The molecule has 0 bridgehead atoms. The smallest absolute Gasteiger partial charge is 0.255 e. The van der Waals surface area contributed by atoms with Crippen LogP contribution in [0.4, 0.5) is 11.6 Å². The van der Waals surface area contributed by atoms with Crippen LogP contribution in [0.3, 0.4) is 0 Å². The number of hydrogen-bond donors (Lipinski definition) is 2. The van der Waals surface area contributed by atoms with Crippen molar-refractivity contribution in [3.63, 3.8) is 0 Å². The van der Waals surface area contributed by atoms with Gasteiger partial charge in [0.15, 0.2) is 0 Å². The molecule has 2 aromatic heterocycles. The topological polar surface area (TPSA) is 89.7 Å². The summed E-state index contributed by atoms with van der Waals surface area (Å²) in [6.07, 6.45) is 3.84. The Labute approximate surface area is 173 Å². The van der Waals surface area contributed by atoms with Gasteiger partial charge in [0.05, 0.1) is 11.3 Å². The molecule has 0 saturated heterocycles. The van der Waals surface area contributed by atoms with Gasteiger partial charge in [-0.25, -0.2) is 4.68 Å². The molecule has 8 nitrogen and oxygen atoms in total.